The zero-order valence-electron chi connectivity index (χ0n) is 9.85. The van der Waals surface area contributed by atoms with Gasteiger partial charge in [-0.15, -0.1) is 0 Å². The van der Waals surface area contributed by atoms with Crippen molar-refractivity contribution < 1.29 is 14.4 Å². The van der Waals surface area contributed by atoms with Crippen molar-refractivity contribution in [2.75, 3.05) is 21.1 Å². The van der Waals surface area contributed by atoms with Crippen molar-refractivity contribution in [1.29, 1.82) is 0 Å². The number of carbonyl (C=O) groups excluding carboxylic acids is 3. The van der Waals surface area contributed by atoms with Gasteiger partial charge < -0.3 is 4.90 Å². The second-order valence-corrected chi connectivity index (χ2v) is 4.13. The first-order chi connectivity index (χ1) is 7.93. The SMILES string of the molecule is CN(C)C(=O)c1ccc2c(c1)C(=O)N(C)C2=O. The van der Waals surface area contributed by atoms with Crippen LogP contribution in [0.25, 0.3) is 0 Å². The lowest BCUT2D eigenvalue weighted by Crippen LogP contribution is -2.24. The molecule has 1 heterocycles. The third-order valence-corrected chi connectivity index (χ3v) is 2.74. The summed E-state index contributed by atoms with van der Waals surface area (Å²) >= 11 is 0. The average molecular weight is 232 g/mol. The predicted molar refractivity (Wildman–Crippen MR) is 60.9 cm³/mol. The normalized spacial score (nSPS) is 13.9. The van der Waals surface area contributed by atoms with Crippen molar-refractivity contribution in [2.45, 2.75) is 0 Å². The highest BCUT2D eigenvalue weighted by atomic mass is 16.2. The summed E-state index contributed by atoms with van der Waals surface area (Å²) in [6.07, 6.45) is 0. The van der Waals surface area contributed by atoms with Crippen LogP contribution in [0.3, 0.4) is 0 Å². The van der Waals surface area contributed by atoms with Crippen LogP contribution >= 0.6 is 0 Å². The summed E-state index contributed by atoms with van der Waals surface area (Å²) in [4.78, 5) is 37.6. The minimum absolute atomic E-state index is 0.192. The molecule has 0 saturated heterocycles. The van der Waals surface area contributed by atoms with Crippen LogP contribution in [-0.4, -0.2) is 48.7 Å². The zero-order valence-corrected chi connectivity index (χ0v) is 9.85. The van der Waals surface area contributed by atoms with Crippen molar-refractivity contribution in [1.82, 2.24) is 9.80 Å². The lowest BCUT2D eigenvalue weighted by atomic mass is 10.1. The Morgan fingerprint density at radius 3 is 2.29 bits per heavy atom. The van der Waals surface area contributed by atoms with E-state index in [-0.39, 0.29) is 17.7 Å². The molecule has 3 amide bonds. The smallest absolute Gasteiger partial charge is 0.261 e. The summed E-state index contributed by atoms with van der Waals surface area (Å²) in [5.74, 6) is -0.880. The third kappa shape index (κ3) is 1.60. The first-order valence-electron chi connectivity index (χ1n) is 5.11. The summed E-state index contributed by atoms with van der Waals surface area (Å²) in [6, 6.07) is 4.56. The van der Waals surface area contributed by atoms with Crippen LogP contribution in [-0.2, 0) is 0 Å². The lowest BCUT2D eigenvalue weighted by molar-refractivity contribution is 0.0692. The maximum absolute atomic E-state index is 11.7. The molecule has 0 unspecified atom stereocenters. The van der Waals surface area contributed by atoms with Gasteiger partial charge in [0.2, 0.25) is 0 Å². The molecule has 17 heavy (non-hydrogen) atoms. The highest BCUT2D eigenvalue weighted by Crippen LogP contribution is 2.22. The molecular formula is C12H12N2O3. The number of amides is 3. The summed E-state index contributed by atoms with van der Waals surface area (Å²) in [5, 5.41) is 0. The molecule has 5 heteroatoms. The second kappa shape index (κ2) is 3.69. The van der Waals surface area contributed by atoms with E-state index in [0.29, 0.717) is 16.7 Å². The van der Waals surface area contributed by atoms with Crippen LogP contribution in [0.1, 0.15) is 31.1 Å². The van der Waals surface area contributed by atoms with Crippen molar-refractivity contribution in [2.24, 2.45) is 0 Å². The van der Waals surface area contributed by atoms with E-state index in [1.807, 2.05) is 0 Å². The molecule has 0 atom stereocenters. The zero-order chi connectivity index (χ0) is 12.7. The summed E-state index contributed by atoms with van der Waals surface area (Å²) < 4.78 is 0. The molecule has 0 aliphatic carbocycles. The van der Waals surface area contributed by atoms with Gasteiger partial charge in [-0.1, -0.05) is 0 Å². The number of hydrogen-bond acceptors (Lipinski definition) is 3. The first kappa shape index (κ1) is 11.3. The Kier molecular flexibility index (Phi) is 2.46. The molecule has 1 aromatic carbocycles. The van der Waals surface area contributed by atoms with Crippen LogP contribution < -0.4 is 0 Å². The van der Waals surface area contributed by atoms with E-state index >= 15 is 0 Å². The number of imide groups is 1. The molecule has 0 fully saturated rings. The van der Waals surface area contributed by atoms with E-state index < -0.39 is 0 Å². The Bertz CT molecular complexity index is 535. The molecule has 88 valence electrons. The minimum Gasteiger partial charge on any atom is -0.345 e. The Labute approximate surface area is 98.6 Å². The number of carbonyl (C=O) groups is 3. The fraction of sp³-hybridized carbons (Fsp3) is 0.250. The van der Waals surface area contributed by atoms with Gasteiger partial charge in [0.15, 0.2) is 0 Å². The van der Waals surface area contributed by atoms with Crippen molar-refractivity contribution in [3.05, 3.63) is 34.9 Å². The first-order valence-corrected chi connectivity index (χ1v) is 5.11. The Hall–Kier alpha value is -2.17. The molecule has 0 radical (unpaired) electrons. The number of hydrogen-bond donors (Lipinski definition) is 0. The van der Waals surface area contributed by atoms with E-state index in [4.69, 9.17) is 0 Å². The molecule has 0 bridgehead atoms. The highest BCUT2D eigenvalue weighted by Gasteiger charge is 2.33. The highest BCUT2D eigenvalue weighted by molar-refractivity contribution is 6.21. The van der Waals surface area contributed by atoms with Crippen LogP contribution in [0.4, 0.5) is 0 Å². The van der Waals surface area contributed by atoms with Gasteiger partial charge in [-0.05, 0) is 18.2 Å². The molecule has 1 aliphatic rings. The number of benzene rings is 1. The fourth-order valence-electron chi connectivity index (χ4n) is 1.75. The van der Waals surface area contributed by atoms with Gasteiger partial charge in [0.1, 0.15) is 0 Å². The third-order valence-electron chi connectivity index (χ3n) is 2.74. The molecule has 1 aromatic rings. The summed E-state index contributed by atoms with van der Waals surface area (Å²) in [6.45, 7) is 0. The maximum atomic E-state index is 11.7. The number of fused-ring (bicyclic) bond motifs is 1. The van der Waals surface area contributed by atoms with E-state index in [1.54, 1.807) is 20.2 Å². The van der Waals surface area contributed by atoms with Gasteiger partial charge in [-0.25, -0.2) is 0 Å². The molecule has 5 nitrogen and oxygen atoms in total. The molecule has 0 N–H and O–H groups in total. The molecule has 0 saturated carbocycles. The second-order valence-electron chi connectivity index (χ2n) is 4.13. The van der Waals surface area contributed by atoms with E-state index in [1.165, 1.54) is 24.1 Å². The Morgan fingerprint density at radius 2 is 1.71 bits per heavy atom. The quantitative estimate of drug-likeness (QED) is 0.667. The Balaban J connectivity index is 2.50. The molecule has 1 aliphatic heterocycles. The summed E-state index contributed by atoms with van der Waals surface area (Å²) in [7, 11) is 4.70. The van der Waals surface area contributed by atoms with Gasteiger partial charge in [-0.3, -0.25) is 19.3 Å². The van der Waals surface area contributed by atoms with Gasteiger partial charge in [0.05, 0.1) is 11.1 Å². The van der Waals surface area contributed by atoms with Crippen LogP contribution in [0.15, 0.2) is 18.2 Å². The topological polar surface area (TPSA) is 57.7 Å². The van der Waals surface area contributed by atoms with Crippen molar-refractivity contribution >= 4 is 17.7 Å². The average Bonchev–Trinajstić information content (AvgIpc) is 2.53. The van der Waals surface area contributed by atoms with Crippen LogP contribution in [0.2, 0.25) is 0 Å². The van der Waals surface area contributed by atoms with Crippen molar-refractivity contribution in [3.63, 3.8) is 0 Å². The Morgan fingerprint density at radius 1 is 1.12 bits per heavy atom. The number of nitrogens with zero attached hydrogens (tertiary/aromatic N) is 2. The van der Waals surface area contributed by atoms with Crippen LogP contribution in [0, 0.1) is 0 Å². The van der Waals surface area contributed by atoms with E-state index in [9.17, 15) is 14.4 Å². The standard InChI is InChI=1S/C12H12N2O3/c1-13(2)10(15)7-4-5-8-9(6-7)12(17)14(3)11(8)16/h4-6H,1-3H3. The molecule has 0 aromatic heterocycles. The summed E-state index contributed by atoms with van der Waals surface area (Å²) in [5.41, 5.74) is 1.06. The van der Waals surface area contributed by atoms with E-state index in [2.05, 4.69) is 0 Å². The molecule has 0 spiro atoms. The van der Waals surface area contributed by atoms with Gasteiger partial charge in [-0.2, -0.15) is 0 Å². The molecule has 2 rings (SSSR count). The predicted octanol–water partition coefficient (Wildman–Crippen LogP) is 0.614. The van der Waals surface area contributed by atoms with Gasteiger partial charge >= 0.3 is 0 Å². The monoisotopic (exact) mass is 232 g/mol. The lowest BCUT2D eigenvalue weighted by Gasteiger charge is -2.10. The van der Waals surface area contributed by atoms with Crippen molar-refractivity contribution in [3.8, 4) is 0 Å². The molecular weight excluding hydrogens is 220 g/mol. The van der Waals surface area contributed by atoms with E-state index in [0.717, 1.165) is 4.90 Å². The van der Waals surface area contributed by atoms with Gasteiger partial charge in [0, 0.05) is 26.7 Å². The largest absolute Gasteiger partial charge is 0.345 e. The minimum atomic E-state index is -0.363. The fourth-order valence-corrected chi connectivity index (χ4v) is 1.75. The van der Waals surface area contributed by atoms with Gasteiger partial charge in [0.25, 0.3) is 17.7 Å². The number of rotatable bonds is 1. The van der Waals surface area contributed by atoms with Crippen LogP contribution in [0.5, 0.6) is 0 Å². The maximum Gasteiger partial charge on any atom is 0.261 e.